The molecule has 28 heavy (non-hydrogen) atoms. The molecule has 1 N–H and O–H groups in total. The molecule has 5 nitrogen and oxygen atoms in total. The van der Waals surface area contributed by atoms with Crippen molar-refractivity contribution >= 4 is 33.6 Å². The van der Waals surface area contributed by atoms with Gasteiger partial charge in [-0.2, -0.15) is 0 Å². The van der Waals surface area contributed by atoms with E-state index >= 15 is 0 Å². The largest absolute Gasteiger partial charge is 0.378 e. The van der Waals surface area contributed by atoms with Crippen molar-refractivity contribution in [2.24, 2.45) is 0 Å². The van der Waals surface area contributed by atoms with Gasteiger partial charge in [-0.15, -0.1) is 0 Å². The highest BCUT2D eigenvalue weighted by Crippen LogP contribution is 2.36. The fourth-order valence-corrected chi connectivity index (χ4v) is 4.55. The molecule has 0 spiro atoms. The summed E-state index contributed by atoms with van der Waals surface area (Å²) in [6, 6.07) is 6.84. The van der Waals surface area contributed by atoms with Gasteiger partial charge in [0, 0.05) is 40.5 Å². The van der Waals surface area contributed by atoms with Crippen molar-refractivity contribution in [2.45, 2.75) is 57.1 Å². The summed E-state index contributed by atoms with van der Waals surface area (Å²) in [6.07, 6.45) is 2.75. The van der Waals surface area contributed by atoms with Crippen LogP contribution >= 0.6 is 27.9 Å². The summed E-state index contributed by atoms with van der Waals surface area (Å²) >= 11 is 5.47. The Bertz CT molecular complexity index is 614. The summed E-state index contributed by atoms with van der Waals surface area (Å²) in [5.74, 6) is 0. The fourth-order valence-electron chi connectivity index (χ4n) is 3.43. The van der Waals surface area contributed by atoms with Crippen LogP contribution in [0.4, 0.5) is 5.69 Å². The summed E-state index contributed by atoms with van der Waals surface area (Å²) in [5.41, 5.74) is 2.62. The van der Waals surface area contributed by atoms with Crippen molar-refractivity contribution in [2.75, 3.05) is 44.4 Å². The van der Waals surface area contributed by atoms with E-state index in [1.54, 1.807) is 11.9 Å². The molecule has 1 aromatic carbocycles. The molecule has 1 atom stereocenters. The molecule has 0 saturated carbocycles. The molecule has 158 valence electrons. The standard InChI is InChI=1S/C21H33BrN2O3S/c1-21(2,3)28-23-18(6-8-20-26-11-4-12-27-20)17-15-16(22)5-7-19(17)24-9-13-25-14-10-24/h5,7,15,18,20,23H,4,6,8-14H2,1-3H3. The van der Waals surface area contributed by atoms with Gasteiger partial charge >= 0.3 is 0 Å². The molecule has 0 radical (unpaired) electrons. The summed E-state index contributed by atoms with van der Waals surface area (Å²) in [6.45, 7) is 11.7. The SMILES string of the molecule is CC(C)(C)SNC(CCC1OCCCO1)c1cc(Br)ccc1N1CCOCC1. The Labute approximate surface area is 182 Å². The molecule has 7 heteroatoms. The van der Waals surface area contributed by atoms with Crippen molar-refractivity contribution < 1.29 is 14.2 Å². The van der Waals surface area contributed by atoms with Crippen molar-refractivity contribution in [3.8, 4) is 0 Å². The van der Waals surface area contributed by atoms with E-state index in [-0.39, 0.29) is 17.1 Å². The lowest BCUT2D eigenvalue weighted by Crippen LogP contribution is -2.37. The number of hydrogen-bond acceptors (Lipinski definition) is 6. The van der Waals surface area contributed by atoms with Crippen LogP contribution in [0.1, 0.15) is 51.6 Å². The van der Waals surface area contributed by atoms with E-state index < -0.39 is 0 Å². The second kappa shape index (κ2) is 10.6. The van der Waals surface area contributed by atoms with Crippen LogP contribution in [0.3, 0.4) is 0 Å². The molecule has 1 unspecified atom stereocenters. The van der Waals surface area contributed by atoms with E-state index in [0.717, 1.165) is 63.3 Å². The molecule has 3 rings (SSSR count). The second-order valence-electron chi connectivity index (χ2n) is 8.29. The van der Waals surface area contributed by atoms with Gasteiger partial charge in [0.2, 0.25) is 0 Å². The van der Waals surface area contributed by atoms with Gasteiger partial charge < -0.3 is 19.1 Å². The first kappa shape index (κ1) is 22.4. The highest BCUT2D eigenvalue weighted by molar-refractivity contribution is 9.10. The summed E-state index contributed by atoms with van der Waals surface area (Å²) in [4.78, 5) is 2.44. The van der Waals surface area contributed by atoms with Crippen LogP contribution in [-0.4, -0.2) is 50.6 Å². The molecule has 2 aliphatic heterocycles. The molecule has 2 saturated heterocycles. The van der Waals surface area contributed by atoms with Crippen LogP contribution in [0, 0.1) is 0 Å². The lowest BCUT2D eigenvalue weighted by Gasteiger charge is -2.34. The van der Waals surface area contributed by atoms with E-state index in [1.165, 1.54) is 11.3 Å². The van der Waals surface area contributed by atoms with Gasteiger partial charge in [0.05, 0.1) is 26.4 Å². The number of nitrogens with one attached hydrogen (secondary N) is 1. The number of ether oxygens (including phenoxy) is 3. The van der Waals surface area contributed by atoms with Crippen LogP contribution < -0.4 is 9.62 Å². The number of benzene rings is 1. The number of morpholine rings is 1. The van der Waals surface area contributed by atoms with Gasteiger partial charge in [-0.1, -0.05) is 27.9 Å². The van der Waals surface area contributed by atoms with Crippen LogP contribution in [0.5, 0.6) is 0 Å². The number of anilines is 1. The van der Waals surface area contributed by atoms with Crippen LogP contribution in [0.15, 0.2) is 22.7 Å². The normalized spacial score (nSPS) is 20.4. The van der Waals surface area contributed by atoms with Crippen LogP contribution in [0.25, 0.3) is 0 Å². The first-order chi connectivity index (χ1) is 13.4. The van der Waals surface area contributed by atoms with E-state index in [2.05, 4.69) is 64.5 Å². The first-order valence-electron chi connectivity index (χ1n) is 10.2. The Morgan fingerprint density at radius 3 is 2.57 bits per heavy atom. The van der Waals surface area contributed by atoms with Crippen LogP contribution in [0.2, 0.25) is 0 Å². The molecule has 0 bridgehead atoms. The third-order valence-electron chi connectivity index (χ3n) is 4.81. The maximum Gasteiger partial charge on any atom is 0.157 e. The van der Waals surface area contributed by atoms with E-state index in [1.807, 2.05) is 0 Å². The number of rotatable bonds is 7. The fraction of sp³-hybridized carbons (Fsp3) is 0.714. The van der Waals surface area contributed by atoms with E-state index in [9.17, 15) is 0 Å². The highest BCUT2D eigenvalue weighted by atomic mass is 79.9. The lowest BCUT2D eigenvalue weighted by atomic mass is 9.99. The molecule has 1 aromatic rings. The minimum absolute atomic E-state index is 0.0864. The van der Waals surface area contributed by atoms with Gasteiger partial charge in [0.25, 0.3) is 0 Å². The maximum absolute atomic E-state index is 5.79. The molecular weight excluding hydrogens is 440 g/mol. The number of nitrogens with zero attached hydrogens (tertiary/aromatic N) is 1. The molecule has 0 aromatic heterocycles. The predicted molar refractivity (Wildman–Crippen MR) is 120 cm³/mol. The van der Waals surface area contributed by atoms with Gasteiger partial charge in [0.1, 0.15) is 0 Å². The third kappa shape index (κ3) is 6.89. The van der Waals surface area contributed by atoms with Crippen molar-refractivity contribution in [3.05, 3.63) is 28.2 Å². The van der Waals surface area contributed by atoms with Gasteiger partial charge in [-0.25, -0.2) is 0 Å². The zero-order valence-electron chi connectivity index (χ0n) is 17.2. The predicted octanol–water partition coefficient (Wildman–Crippen LogP) is 4.91. The van der Waals surface area contributed by atoms with Gasteiger partial charge in [-0.3, -0.25) is 4.72 Å². The molecule has 2 aliphatic rings. The van der Waals surface area contributed by atoms with Gasteiger partial charge in [0.15, 0.2) is 6.29 Å². The Morgan fingerprint density at radius 2 is 1.89 bits per heavy atom. The monoisotopic (exact) mass is 472 g/mol. The zero-order valence-corrected chi connectivity index (χ0v) is 19.6. The molecule has 2 fully saturated rings. The summed E-state index contributed by atoms with van der Waals surface area (Å²) in [5, 5.41) is 0. The van der Waals surface area contributed by atoms with E-state index in [0.29, 0.717) is 0 Å². The minimum atomic E-state index is -0.0864. The summed E-state index contributed by atoms with van der Waals surface area (Å²) in [7, 11) is 0. The lowest BCUT2D eigenvalue weighted by molar-refractivity contribution is -0.182. The maximum atomic E-state index is 5.79. The zero-order chi connectivity index (χ0) is 20.0. The van der Waals surface area contributed by atoms with Crippen molar-refractivity contribution in [1.82, 2.24) is 4.72 Å². The molecule has 2 heterocycles. The number of halogens is 1. The Balaban J connectivity index is 1.79. The third-order valence-corrected chi connectivity index (χ3v) is 6.32. The average molecular weight is 473 g/mol. The topological polar surface area (TPSA) is 43.0 Å². The Morgan fingerprint density at radius 1 is 1.18 bits per heavy atom. The van der Waals surface area contributed by atoms with Gasteiger partial charge in [-0.05, 0) is 57.4 Å². The van der Waals surface area contributed by atoms with E-state index in [4.69, 9.17) is 14.2 Å². The molecule has 0 aliphatic carbocycles. The quantitative estimate of drug-likeness (QED) is 0.568. The highest BCUT2D eigenvalue weighted by Gasteiger charge is 2.25. The first-order valence-corrected chi connectivity index (χ1v) is 11.8. The van der Waals surface area contributed by atoms with Crippen LogP contribution in [-0.2, 0) is 14.2 Å². The van der Waals surface area contributed by atoms with Crippen molar-refractivity contribution in [3.63, 3.8) is 0 Å². The number of hydrogen-bond donors (Lipinski definition) is 1. The Hall–Kier alpha value is -0.310. The second-order valence-corrected chi connectivity index (χ2v) is 10.9. The van der Waals surface area contributed by atoms with Crippen molar-refractivity contribution in [1.29, 1.82) is 0 Å². The smallest absolute Gasteiger partial charge is 0.157 e. The molecular formula is C21H33BrN2O3S. The Kier molecular flexibility index (Phi) is 8.50. The molecule has 0 amide bonds. The minimum Gasteiger partial charge on any atom is -0.378 e. The average Bonchev–Trinajstić information content (AvgIpc) is 2.69. The summed E-state index contributed by atoms with van der Waals surface area (Å²) < 4.78 is 22.1.